The summed E-state index contributed by atoms with van der Waals surface area (Å²) in [6.07, 6.45) is 0. The van der Waals surface area contributed by atoms with Gasteiger partial charge in [0.05, 0.1) is 21.3 Å². The molecule has 0 radical (unpaired) electrons. The molecule has 0 atom stereocenters. The number of hydrogen-bond acceptors (Lipinski definition) is 5. The van der Waals surface area contributed by atoms with E-state index in [-0.39, 0.29) is 33.8 Å². The molecule has 0 bridgehead atoms. The minimum absolute atomic E-state index is 0.0795. The van der Waals surface area contributed by atoms with Gasteiger partial charge in [-0.1, -0.05) is 29.3 Å². The van der Waals surface area contributed by atoms with Gasteiger partial charge in [-0.3, -0.25) is 4.79 Å². The SMILES string of the molecule is CC(=O)c1ccc(C#N)c(N2CCN(S(=O)(=O)c3c(Cl)cccc3Cl)CC2)c1. The Hall–Kier alpha value is -2.11. The molecule has 2 aromatic carbocycles. The van der Waals surface area contributed by atoms with E-state index in [2.05, 4.69) is 6.07 Å². The molecular formula is C19H17Cl2N3O3S. The monoisotopic (exact) mass is 437 g/mol. The van der Waals surface area contributed by atoms with Crippen LogP contribution in [0.1, 0.15) is 22.8 Å². The second kappa shape index (κ2) is 8.10. The molecule has 0 aliphatic carbocycles. The number of carbonyl (C=O) groups excluding carboxylic acids is 1. The molecule has 28 heavy (non-hydrogen) atoms. The molecule has 6 nitrogen and oxygen atoms in total. The Kier molecular flexibility index (Phi) is 5.96. The first-order chi connectivity index (χ1) is 13.3. The molecule has 0 N–H and O–H groups in total. The van der Waals surface area contributed by atoms with Gasteiger partial charge in [0.1, 0.15) is 11.0 Å². The Balaban J connectivity index is 1.85. The van der Waals surface area contributed by atoms with E-state index in [0.29, 0.717) is 29.9 Å². The number of nitriles is 1. The first-order valence-electron chi connectivity index (χ1n) is 8.50. The molecule has 1 heterocycles. The van der Waals surface area contributed by atoms with Crippen molar-refractivity contribution in [3.63, 3.8) is 0 Å². The second-order valence-corrected chi connectivity index (χ2v) is 9.03. The van der Waals surface area contributed by atoms with Crippen LogP contribution in [0, 0.1) is 11.3 Å². The molecule has 0 aromatic heterocycles. The van der Waals surface area contributed by atoms with Gasteiger partial charge in [-0.15, -0.1) is 0 Å². The fourth-order valence-corrected chi connectivity index (χ4v) is 5.65. The number of Topliss-reactive ketones (excluding diaryl/α,β-unsaturated/α-hetero) is 1. The zero-order chi connectivity index (χ0) is 20.5. The van der Waals surface area contributed by atoms with Gasteiger partial charge in [0.2, 0.25) is 10.0 Å². The maximum Gasteiger partial charge on any atom is 0.246 e. The summed E-state index contributed by atoms with van der Waals surface area (Å²) in [5.41, 5.74) is 1.57. The standard InChI is InChI=1S/C19H17Cl2N3O3S/c1-13(25)14-5-6-15(12-22)18(11-14)23-7-9-24(10-8-23)28(26,27)19-16(20)3-2-4-17(19)21/h2-6,11H,7-10H2,1H3. The van der Waals surface area contributed by atoms with Gasteiger partial charge in [0.15, 0.2) is 5.78 Å². The van der Waals surface area contributed by atoms with E-state index >= 15 is 0 Å². The molecule has 9 heteroatoms. The third kappa shape index (κ3) is 3.87. The maximum absolute atomic E-state index is 13.0. The predicted molar refractivity (Wildman–Crippen MR) is 109 cm³/mol. The van der Waals surface area contributed by atoms with Gasteiger partial charge < -0.3 is 4.90 Å². The maximum atomic E-state index is 13.0. The Morgan fingerprint density at radius 2 is 1.68 bits per heavy atom. The van der Waals surface area contributed by atoms with Crippen LogP contribution < -0.4 is 4.90 Å². The van der Waals surface area contributed by atoms with Crippen molar-refractivity contribution in [3.8, 4) is 6.07 Å². The van der Waals surface area contributed by atoms with Crippen molar-refractivity contribution in [2.75, 3.05) is 31.1 Å². The molecule has 1 aliphatic heterocycles. The van der Waals surface area contributed by atoms with Crippen molar-refractivity contribution in [1.82, 2.24) is 4.31 Å². The predicted octanol–water partition coefficient (Wildman–Crippen LogP) is 3.58. The molecule has 0 unspecified atom stereocenters. The van der Waals surface area contributed by atoms with Crippen LogP contribution in [0.15, 0.2) is 41.3 Å². The summed E-state index contributed by atoms with van der Waals surface area (Å²) in [6, 6.07) is 11.6. The molecule has 0 amide bonds. The summed E-state index contributed by atoms with van der Waals surface area (Å²) in [7, 11) is -3.84. The van der Waals surface area contributed by atoms with Crippen LogP contribution in [-0.2, 0) is 10.0 Å². The highest BCUT2D eigenvalue weighted by atomic mass is 35.5. The Morgan fingerprint density at radius 3 is 2.21 bits per heavy atom. The van der Waals surface area contributed by atoms with Crippen LogP contribution in [0.4, 0.5) is 5.69 Å². The number of piperazine rings is 1. The number of hydrogen-bond donors (Lipinski definition) is 0. The van der Waals surface area contributed by atoms with Gasteiger partial charge >= 0.3 is 0 Å². The van der Waals surface area contributed by atoms with E-state index < -0.39 is 10.0 Å². The molecular weight excluding hydrogens is 421 g/mol. The van der Waals surface area contributed by atoms with Gasteiger partial charge in [-0.2, -0.15) is 9.57 Å². The Morgan fingerprint density at radius 1 is 1.07 bits per heavy atom. The number of rotatable bonds is 4. The van der Waals surface area contributed by atoms with Crippen molar-refractivity contribution >= 4 is 44.7 Å². The fourth-order valence-electron chi connectivity index (χ4n) is 3.13. The smallest absolute Gasteiger partial charge is 0.246 e. The van der Waals surface area contributed by atoms with E-state index in [4.69, 9.17) is 23.2 Å². The highest BCUT2D eigenvalue weighted by Gasteiger charge is 2.32. The zero-order valence-electron chi connectivity index (χ0n) is 15.0. The van der Waals surface area contributed by atoms with Crippen molar-refractivity contribution in [2.24, 2.45) is 0 Å². The fraction of sp³-hybridized carbons (Fsp3) is 0.263. The third-order valence-corrected chi connectivity index (χ3v) is 7.48. The van der Waals surface area contributed by atoms with E-state index in [1.54, 1.807) is 24.3 Å². The van der Waals surface area contributed by atoms with Gasteiger partial charge in [0, 0.05) is 31.7 Å². The number of anilines is 1. The van der Waals surface area contributed by atoms with Crippen LogP contribution in [0.3, 0.4) is 0 Å². The second-order valence-electron chi connectivity index (χ2n) is 6.34. The Bertz CT molecular complexity index is 1050. The third-order valence-electron chi connectivity index (χ3n) is 4.62. The molecule has 1 saturated heterocycles. The summed E-state index contributed by atoms with van der Waals surface area (Å²) >= 11 is 12.2. The molecule has 3 rings (SSSR count). The highest BCUT2D eigenvalue weighted by molar-refractivity contribution is 7.89. The van der Waals surface area contributed by atoms with Crippen molar-refractivity contribution < 1.29 is 13.2 Å². The largest absolute Gasteiger partial charge is 0.368 e. The van der Waals surface area contributed by atoms with Crippen LogP contribution in [0.5, 0.6) is 0 Å². The number of halogens is 2. The topological polar surface area (TPSA) is 81.5 Å². The molecule has 146 valence electrons. The first kappa shape index (κ1) is 20.6. The normalized spacial score (nSPS) is 15.3. The molecule has 2 aromatic rings. The van der Waals surface area contributed by atoms with E-state index in [0.717, 1.165) is 0 Å². The molecule has 0 spiro atoms. The number of nitrogens with zero attached hydrogens (tertiary/aromatic N) is 3. The minimum Gasteiger partial charge on any atom is -0.368 e. The van der Waals surface area contributed by atoms with Crippen molar-refractivity contribution in [1.29, 1.82) is 5.26 Å². The molecule has 1 fully saturated rings. The number of ketones is 1. The molecule has 0 saturated carbocycles. The number of carbonyl (C=O) groups is 1. The van der Waals surface area contributed by atoms with Gasteiger partial charge in [-0.25, -0.2) is 8.42 Å². The number of sulfonamides is 1. The summed E-state index contributed by atoms with van der Waals surface area (Å²) < 4.78 is 27.3. The van der Waals surface area contributed by atoms with Crippen molar-refractivity contribution in [3.05, 3.63) is 57.6 Å². The average Bonchev–Trinajstić information content (AvgIpc) is 2.67. The number of benzene rings is 2. The zero-order valence-corrected chi connectivity index (χ0v) is 17.4. The van der Waals surface area contributed by atoms with Crippen LogP contribution >= 0.6 is 23.2 Å². The van der Waals surface area contributed by atoms with Crippen LogP contribution in [-0.4, -0.2) is 44.7 Å². The highest BCUT2D eigenvalue weighted by Crippen LogP contribution is 2.32. The average molecular weight is 438 g/mol. The van der Waals surface area contributed by atoms with Gasteiger partial charge in [-0.05, 0) is 37.3 Å². The lowest BCUT2D eigenvalue weighted by Gasteiger charge is -2.36. The summed E-state index contributed by atoms with van der Waals surface area (Å²) in [4.78, 5) is 13.5. The summed E-state index contributed by atoms with van der Waals surface area (Å²) in [5.74, 6) is -0.0969. The lowest BCUT2D eigenvalue weighted by Crippen LogP contribution is -2.49. The lowest BCUT2D eigenvalue weighted by molar-refractivity contribution is 0.101. The molecule has 1 aliphatic rings. The summed E-state index contributed by atoms with van der Waals surface area (Å²) in [6.45, 7) is 2.62. The van der Waals surface area contributed by atoms with Crippen molar-refractivity contribution in [2.45, 2.75) is 11.8 Å². The minimum atomic E-state index is -3.84. The van der Waals surface area contributed by atoms with E-state index in [1.807, 2.05) is 4.90 Å². The van der Waals surface area contributed by atoms with E-state index in [1.165, 1.54) is 23.4 Å². The first-order valence-corrected chi connectivity index (χ1v) is 10.7. The van der Waals surface area contributed by atoms with Crippen LogP contribution in [0.2, 0.25) is 10.0 Å². The quantitative estimate of drug-likeness (QED) is 0.682. The Labute approximate surface area is 173 Å². The summed E-state index contributed by atoms with van der Waals surface area (Å²) in [5, 5.41) is 9.53. The van der Waals surface area contributed by atoms with Crippen LogP contribution in [0.25, 0.3) is 0 Å². The van der Waals surface area contributed by atoms with Gasteiger partial charge in [0.25, 0.3) is 0 Å². The van der Waals surface area contributed by atoms with E-state index in [9.17, 15) is 18.5 Å². The lowest BCUT2D eigenvalue weighted by atomic mass is 10.1.